The summed E-state index contributed by atoms with van der Waals surface area (Å²) in [6.45, 7) is 0. The molecule has 0 saturated heterocycles. The molecule has 0 fully saturated rings. The lowest BCUT2D eigenvalue weighted by molar-refractivity contribution is 1.07. The van der Waals surface area contributed by atoms with E-state index < -0.39 is 66.5 Å². The van der Waals surface area contributed by atoms with Gasteiger partial charge in [-0.25, -0.2) is 15.0 Å². The van der Waals surface area contributed by atoms with Crippen LogP contribution in [0, 0.1) is 0 Å². The number of para-hydroxylation sites is 2. The van der Waals surface area contributed by atoms with Gasteiger partial charge in [0.15, 0.2) is 17.5 Å². The molecule has 2 heterocycles. The lowest BCUT2D eigenvalue weighted by atomic mass is 9.99. The quantitative estimate of drug-likeness (QED) is 0.165. The molecule has 0 radical (unpaired) electrons. The number of aromatic nitrogens is 4. The molecule has 4 heteroatoms. The Labute approximate surface area is 336 Å². The minimum absolute atomic E-state index is 0.0229. The number of hydrogen-bond acceptors (Lipinski definition) is 3. The summed E-state index contributed by atoms with van der Waals surface area (Å²) in [4.78, 5) is 14.8. The summed E-state index contributed by atoms with van der Waals surface area (Å²) >= 11 is 0. The Morgan fingerprint density at radius 3 is 1.65 bits per heavy atom. The van der Waals surface area contributed by atoms with Crippen LogP contribution < -0.4 is 0 Å². The van der Waals surface area contributed by atoms with Crippen LogP contribution in [0.2, 0.25) is 0 Å². The molecule has 0 atom stereocenters. The fourth-order valence-electron chi connectivity index (χ4n) is 6.90. The molecular formula is C51H34N4. The van der Waals surface area contributed by atoms with E-state index >= 15 is 0 Å². The van der Waals surface area contributed by atoms with Gasteiger partial charge in [0.25, 0.3) is 0 Å². The summed E-state index contributed by atoms with van der Waals surface area (Å²) in [5.41, 5.74) is 4.10. The van der Waals surface area contributed by atoms with E-state index in [-0.39, 0.29) is 56.1 Å². The highest BCUT2D eigenvalue weighted by molar-refractivity contribution is 6.14. The summed E-state index contributed by atoms with van der Waals surface area (Å²) in [5.74, 6) is 0.837. The second-order valence-electron chi connectivity index (χ2n) is 12.7. The predicted molar refractivity (Wildman–Crippen MR) is 227 cm³/mol. The highest BCUT2D eigenvalue weighted by atomic mass is 15.0. The van der Waals surface area contributed by atoms with E-state index in [2.05, 4.69) is 0 Å². The van der Waals surface area contributed by atoms with E-state index in [1.165, 1.54) is 4.57 Å². The van der Waals surface area contributed by atoms with Crippen LogP contribution >= 0.6 is 0 Å². The van der Waals surface area contributed by atoms with Gasteiger partial charge in [-0.1, -0.05) is 176 Å². The monoisotopic (exact) mass is 714 g/mol. The Morgan fingerprint density at radius 1 is 0.364 bits per heavy atom. The van der Waals surface area contributed by atoms with Crippen molar-refractivity contribution in [3.05, 3.63) is 206 Å². The molecule has 0 saturated carbocycles. The second kappa shape index (κ2) is 13.8. The molecule has 0 aliphatic carbocycles. The van der Waals surface area contributed by atoms with Gasteiger partial charge in [-0.15, -0.1) is 0 Å². The van der Waals surface area contributed by atoms with Crippen LogP contribution in [-0.2, 0) is 0 Å². The maximum Gasteiger partial charge on any atom is 0.164 e. The minimum atomic E-state index is -0.623. The van der Waals surface area contributed by atoms with Crippen molar-refractivity contribution in [2.75, 3.05) is 0 Å². The number of fused-ring (bicyclic) bond motifs is 3. The SMILES string of the molecule is [2H]c1c([2H])c([2H])c(-c2cc(-c3nc(-c4ccccc4)nc(-c4cccc(-c5ccccc5)c4)n3)ccc2-n2c3c([2H])c([2H])c([2H])c([2H])c3c3c([2H])c([2H])c([2H])c(-c4ccccc4)c32)c([2H])c1[2H]. The maximum atomic E-state index is 9.36. The van der Waals surface area contributed by atoms with E-state index in [0.29, 0.717) is 33.9 Å². The first-order chi connectivity index (χ1) is 32.3. The highest BCUT2D eigenvalue weighted by Gasteiger charge is 2.21. The van der Waals surface area contributed by atoms with Crippen molar-refractivity contribution >= 4 is 21.8 Å². The van der Waals surface area contributed by atoms with Crippen LogP contribution in [0.25, 0.3) is 95.0 Å². The molecule has 0 spiro atoms. The number of nitrogens with zero attached hydrogens (tertiary/aromatic N) is 4. The van der Waals surface area contributed by atoms with Crippen molar-refractivity contribution in [3.63, 3.8) is 0 Å². The molecule has 0 aliphatic heterocycles. The number of benzene rings is 8. The molecule has 2 aromatic heterocycles. The van der Waals surface area contributed by atoms with Gasteiger partial charge in [-0.2, -0.15) is 0 Å². The summed E-state index contributed by atoms with van der Waals surface area (Å²) in [7, 11) is 0. The van der Waals surface area contributed by atoms with Crippen LogP contribution in [0.3, 0.4) is 0 Å². The third kappa shape index (κ3) is 5.96. The summed E-state index contributed by atoms with van der Waals surface area (Å²) in [6, 6.07) is 34.1. The Bertz CT molecular complexity index is 3630. The maximum absolute atomic E-state index is 9.36. The predicted octanol–water partition coefficient (Wildman–Crippen LogP) is 13.0. The molecule has 0 bridgehead atoms. The fraction of sp³-hybridized carbons (Fsp3) is 0. The topological polar surface area (TPSA) is 43.6 Å². The van der Waals surface area contributed by atoms with Crippen molar-refractivity contribution in [1.29, 1.82) is 0 Å². The van der Waals surface area contributed by atoms with Gasteiger partial charge in [-0.05, 0) is 52.6 Å². The zero-order valence-electron chi connectivity index (χ0n) is 41.0. The van der Waals surface area contributed by atoms with Crippen molar-refractivity contribution in [2.45, 2.75) is 0 Å². The molecular weight excluding hydrogens is 669 g/mol. The summed E-state index contributed by atoms with van der Waals surface area (Å²) < 4.78 is 110. The standard InChI is InChI=1S/C51H34N4/c1-5-17-35(18-6-1)39-25-15-26-40(33-39)50-52-49(38-23-11-4-12-24-38)53-51(54-50)41-31-32-47(45(34-41)37-21-9-3-10-22-37)55-46-30-14-13-27-43(46)44-29-16-28-42(48(44)55)36-19-7-2-8-20-36/h1-34H/i3D,9D,10D,13D,14D,16D,21D,22D,27D,28D,29D,30D. The third-order valence-corrected chi connectivity index (χ3v) is 9.44. The van der Waals surface area contributed by atoms with E-state index in [1.807, 2.05) is 84.9 Å². The van der Waals surface area contributed by atoms with Gasteiger partial charge in [0.1, 0.15) is 0 Å². The smallest absolute Gasteiger partial charge is 0.164 e. The lowest BCUT2D eigenvalue weighted by Gasteiger charge is -2.17. The molecule has 55 heavy (non-hydrogen) atoms. The van der Waals surface area contributed by atoms with Gasteiger partial charge in [0.05, 0.1) is 33.2 Å². The number of rotatable bonds is 7. The number of hydrogen-bond donors (Lipinski definition) is 0. The van der Waals surface area contributed by atoms with Crippen LogP contribution in [-0.4, -0.2) is 19.5 Å². The first-order valence-electron chi connectivity index (χ1n) is 23.6. The Kier molecular flexibility index (Phi) is 5.52. The average Bonchev–Trinajstić information content (AvgIpc) is 3.72. The van der Waals surface area contributed by atoms with Crippen molar-refractivity contribution in [2.24, 2.45) is 0 Å². The van der Waals surface area contributed by atoms with Gasteiger partial charge in [-0.3, -0.25) is 0 Å². The van der Waals surface area contributed by atoms with Crippen LogP contribution in [0.5, 0.6) is 0 Å². The summed E-state index contributed by atoms with van der Waals surface area (Å²) in [6.07, 6.45) is 0. The third-order valence-electron chi connectivity index (χ3n) is 9.44. The molecule has 258 valence electrons. The second-order valence-corrected chi connectivity index (χ2v) is 12.7. The average molecular weight is 715 g/mol. The Balaban J connectivity index is 1.35. The largest absolute Gasteiger partial charge is 0.308 e. The molecule has 0 unspecified atom stereocenters. The van der Waals surface area contributed by atoms with Crippen molar-refractivity contribution < 1.29 is 16.4 Å². The van der Waals surface area contributed by atoms with Gasteiger partial charge >= 0.3 is 0 Å². The fourth-order valence-corrected chi connectivity index (χ4v) is 6.90. The summed E-state index contributed by atoms with van der Waals surface area (Å²) in [5, 5.41) is -0.106. The van der Waals surface area contributed by atoms with Gasteiger partial charge < -0.3 is 4.57 Å². The molecule has 4 nitrogen and oxygen atoms in total. The van der Waals surface area contributed by atoms with Gasteiger partial charge in [0, 0.05) is 38.6 Å². The Hall–Kier alpha value is -7.43. The van der Waals surface area contributed by atoms with Crippen molar-refractivity contribution in [3.8, 4) is 73.2 Å². The first kappa shape index (κ1) is 21.9. The van der Waals surface area contributed by atoms with E-state index in [0.717, 1.165) is 11.1 Å². The van der Waals surface area contributed by atoms with Crippen LogP contribution in [0.15, 0.2) is 206 Å². The Morgan fingerprint density at radius 2 is 0.927 bits per heavy atom. The molecule has 0 aliphatic rings. The zero-order valence-corrected chi connectivity index (χ0v) is 29.0. The minimum Gasteiger partial charge on any atom is -0.308 e. The van der Waals surface area contributed by atoms with E-state index in [9.17, 15) is 8.22 Å². The van der Waals surface area contributed by atoms with Crippen LogP contribution in [0.1, 0.15) is 16.4 Å². The van der Waals surface area contributed by atoms with E-state index in [1.54, 1.807) is 48.5 Å². The molecule has 10 rings (SSSR count). The molecule has 10 aromatic rings. The zero-order chi connectivity index (χ0) is 47.0. The van der Waals surface area contributed by atoms with Gasteiger partial charge in [0.2, 0.25) is 0 Å². The lowest BCUT2D eigenvalue weighted by Crippen LogP contribution is -2.02. The first-order valence-corrected chi connectivity index (χ1v) is 17.6. The normalized spacial score (nSPS) is 14.3. The van der Waals surface area contributed by atoms with Crippen molar-refractivity contribution in [1.82, 2.24) is 19.5 Å². The van der Waals surface area contributed by atoms with E-state index in [4.69, 9.17) is 23.2 Å². The van der Waals surface area contributed by atoms with Crippen LogP contribution in [0.4, 0.5) is 0 Å². The molecule has 8 aromatic carbocycles. The highest BCUT2D eigenvalue weighted by Crippen LogP contribution is 2.41. The molecule has 0 amide bonds. The molecule has 0 N–H and O–H groups in total.